The zero-order valence-corrected chi connectivity index (χ0v) is 9.22. The Kier molecular flexibility index (Phi) is 2.08. The summed E-state index contributed by atoms with van der Waals surface area (Å²) in [6, 6.07) is 6.05. The highest BCUT2D eigenvalue weighted by atomic mass is 79.9. The summed E-state index contributed by atoms with van der Waals surface area (Å²) in [5.74, 6) is 0.856. The van der Waals surface area contributed by atoms with E-state index in [1.807, 2.05) is 12.1 Å². The van der Waals surface area contributed by atoms with Crippen molar-refractivity contribution in [3.05, 3.63) is 28.2 Å². The zero-order chi connectivity index (χ0) is 9.47. The minimum atomic E-state index is -0.0754. The van der Waals surface area contributed by atoms with Gasteiger partial charge in [0.15, 0.2) is 0 Å². The number of hydrogen-bond donors (Lipinski definition) is 0. The molecule has 2 rings (SSSR count). The summed E-state index contributed by atoms with van der Waals surface area (Å²) in [6.45, 7) is 2.88. The highest BCUT2D eigenvalue weighted by Crippen LogP contribution is 2.40. The molecule has 0 aromatic heterocycles. The van der Waals surface area contributed by atoms with Crippen molar-refractivity contribution >= 4 is 15.9 Å². The number of halogens is 1. The van der Waals surface area contributed by atoms with E-state index in [1.165, 1.54) is 5.56 Å². The van der Waals surface area contributed by atoms with Gasteiger partial charge in [-0.3, -0.25) is 0 Å². The smallest absolute Gasteiger partial charge is 0.133 e. The van der Waals surface area contributed by atoms with Crippen molar-refractivity contribution in [1.82, 2.24) is 0 Å². The molecule has 0 radical (unpaired) electrons. The van der Waals surface area contributed by atoms with Crippen LogP contribution in [0, 0.1) is 0 Å². The molecule has 1 aliphatic rings. The van der Waals surface area contributed by atoms with Crippen molar-refractivity contribution in [1.29, 1.82) is 0 Å². The maximum atomic E-state index is 5.35. The predicted octanol–water partition coefficient (Wildman–Crippen LogP) is 2.70. The Balaban J connectivity index is 2.39. The molecule has 0 N–H and O–H groups in total. The minimum absolute atomic E-state index is 0.0754. The summed E-state index contributed by atoms with van der Waals surface area (Å²) in [5, 5.41) is 0. The fraction of sp³-hybridized carbons (Fsp3) is 0.400. The van der Waals surface area contributed by atoms with Gasteiger partial charge in [-0.2, -0.15) is 0 Å². The lowest BCUT2D eigenvalue weighted by Gasteiger charge is -2.09. The van der Waals surface area contributed by atoms with E-state index in [4.69, 9.17) is 9.47 Å². The molecule has 0 spiro atoms. The molecular weight excluding hydrogens is 232 g/mol. The topological polar surface area (TPSA) is 21.8 Å². The molecule has 1 heterocycles. The molecule has 0 saturated carbocycles. The Hall–Kier alpha value is -0.540. The molecule has 0 aliphatic carbocycles. The quantitative estimate of drug-likeness (QED) is 0.745. The first-order chi connectivity index (χ1) is 6.15. The lowest BCUT2D eigenvalue weighted by atomic mass is 10.0. The standard InChI is InChI=1S/C10H11BrO2/c1-10(6-13-10)7-3-4-8(11)9(5-7)12-2/h3-5H,6H2,1-2H3. The van der Waals surface area contributed by atoms with E-state index in [2.05, 4.69) is 28.9 Å². The van der Waals surface area contributed by atoms with E-state index in [0.29, 0.717) is 0 Å². The van der Waals surface area contributed by atoms with Crippen LogP contribution in [0.25, 0.3) is 0 Å². The number of hydrogen-bond acceptors (Lipinski definition) is 2. The molecule has 1 aromatic carbocycles. The predicted molar refractivity (Wildman–Crippen MR) is 54.0 cm³/mol. The Morgan fingerprint density at radius 3 is 2.77 bits per heavy atom. The Bertz CT molecular complexity index is 332. The van der Waals surface area contributed by atoms with Gasteiger partial charge in [-0.15, -0.1) is 0 Å². The molecular formula is C10H11BrO2. The van der Waals surface area contributed by atoms with E-state index >= 15 is 0 Å². The summed E-state index contributed by atoms with van der Waals surface area (Å²) >= 11 is 3.41. The van der Waals surface area contributed by atoms with Crippen molar-refractivity contribution in [2.75, 3.05) is 13.7 Å². The number of methoxy groups -OCH3 is 1. The first-order valence-corrected chi connectivity index (χ1v) is 4.93. The van der Waals surface area contributed by atoms with E-state index in [9.17, 15) is 0 Å². The van der Waals surface area contributed by atoms with E-state index in [1.54, 1.807) is 7.11 Å². The number of rotatable bonds is 2. The van der Waals surface area contributed by atoms with Crippen molar-refractivity contribution < 1.29 is 9.47 Å². The van der Waals surface area contributed by atoms with Crippen LogP contribution in [0.5, 0.6) is 5.75 Å². The molecule has 1 atom stereocenters. The zero-order valence-electron chi connectivity index (χ0n) is 7.63. The van der Waals surface area contributed by atoms with Crippen LogP contribution in [0.3, 0.4) is 0 Å². The second-order valence-electron chi connectivity index (χ2n) is 3.37. The molecule has 2 nitrogen and oxygen atoms in total. The van der Waals surface area contributed by atoms with Gasteiger partial charge in [0.2, 0.25) is 0 Å². The lowest BCUT2D eigenvalue weighted by Crippen LogP contribution is -2.02. The number of ether oxygens (including phenoxy) is 2. The largest absolute Gasteiger partial charge is 0.496 e. The SMILES string of the molecule is COc1cc(C2(C)CO2)ccc1Br. The van der Waals surface area contributed by atoms with Gasteiger partial charge in [0.1, 0.15) is 11.4 Å². The maximum absolute atomic E-state index is 5.35. The average molecular weight is 243 g/mol. The fourth-order valence-electron chi connectivity index (χ4n) is 1.26. The third-order valence-corrected chi connectivity index (χ3v) is 2.99. The average Bonchev–Trinajstić information content (AvgIpc) is 2.86. The highest BCUT2D eigenvalue weighted by Gasteiger charge is 2.41. The number of benzene rings is 1. The van der Waals surface area contributed by atoms with E-state index < -0.39 is 0 Å². The summed E-state index contributed by atoms with van der Waals surface area (Å²) < 4.78 is 11.5. The molecule has 1 aliphatic heterocycles. The van der Waals surface area contributed by atoms with Gasteiger partial charge in [-0.25, -0.2) is 0 Å². The second kappa shape index (κ2) is 3.00. The van der Waals surface area contributed by atoms with Crippen molar-refractivity contribution in [3.8, 4) is 5.75 Å². The molecule has 3 heteroatoms. The van der Waals surface area contributed by atoms with Gasteiger partial charge < -0.3 is 9.47 Å². The van der Waals surface area contributed by atoms with Crippen LogP contribution >= 0.6 is 15.9 Å². The third-order valence-electron chi connectivity index (χ3n) is 2.34. The molecule has 1 unspecified atom stereocenters. The maximum Gasteiger partial charge on any atom is 0.133 e. The summed E-state index contributed by atoms with van der Waals surface area (Å²) in [6.07, 6.45) is 0. The molecule has 1 fully saturated rings. The Morgan fingerprint density at radius 2 is 2.23 bits per heavy atom. The van der Waals surface area contributed by atoms with Crippen molar-refractivity contribution in [3.63, 3.8) is 0 Å². The highest BCUT2D eigenvalue weighted by molar-refractivity contribution is 9.10. The molecule has 13 heavy (non-hydrogen) atoms. The van der Waals surface area contributed by atoms with Crippen LogP contribution in [-0.4, -0.2) is 13.7 Å². The van der Waals surface area contributed by atoms with Crippen LogP contribution in [0.4, 0.5) is 0 Å². The first kappa shape index (κ1) is 9.03. The van der Waals surface area contributed by atoms with Gasteiger partial charge >= 0.3 is 0 Å². The van der Waals surface area contributed by atoms with Crippen molar-refractivity contribution in [2.45, 2.75) is 12.5 Å². The Morgan fingerprint density at radius 1 is 1.54 bits per heavy atom. The first-order valence-electron chi connectivity index (χ1n) is 4.14. The fourth-order valence-corrected chi connectivity index (χ4v) is 1.67. The normalized spacial score (nSPS) is 25.8. The minimum Gasteiger partial charge on any atom is -0.496 e. The van der Waals surface area contributed by atoms with Crippen LogP contribution in [0.15, 0.2) is 22.7 Å². The van der Waals surface area contributed by atoms with Crippen LogP contribution in [0.2, 0.25) is 0 Å². The second-order valence-corrected chi connectivity index (χ2v) is 4.22. The van der Waals surface area contributed by atoms with Gasteiger partial charge in [0.25, 0.3) is 0 Å². The van der Waals surface area contributed by atoms with Crippen LogP contribution in [0.1, 0.15) is 12.5 Å². The van der Waals surface area contributed by atoms with Crippen molar-refractivity contribution in [2.24, 2.45) is 0 Å². The van der Waals surface area contributed by atoms with Crippen LogP contribution in [-0.2, 0) is 10.3 Å². The molecule has 0 amide bonds. The summed E-state index contributed by atoms with van der Waals surface area (Å²) in [5.41, 5.74) is 1.10. The lowest BCUT2D eigenvalue weighted by molar-refractivity contribution is 0.328. The monoisotopic (exact) mass is 242 g/mol. The molecule has 1 saturated heterocycles. The van der Waals surface area contributed by atoms with Gasteiger partial charge in [-0.05, 0) is 40.5 Å². The molecule has 0 bridgehead atoms. The van der Waals surface area contributed by atoms with Gasteiger partial charge in [-0.1, -0.05) is 6.07 Å². The van der Waals surface area contributed by atoms with E-state index in [0.717, 1.165) is 16.8 Å². The number of epoxide rings is 1. The summed E-state index contributed by atoms with van der Waals surface area (Å²) in [4.78, 5) is 0. The van der Waals surface area contributed by atoms with Gasteiger partial charge in [0, 0.05) is 0 Å². The van der Waals surface area contributed by atoms with E-state index in [-0.39, 0.29) is 5.60 Å². The van der Waals surface area contributed by atoms with Crippen LogP contribution < -0.4 is 4.74 Å². The van der Waals surface area contributed by atoms with Gasteiger partial charge in [0.05, 0.1) is 18.2 Å². The third kappa shape index (κ3) is 1.58. The summed E-state index contributed by atoms with van der Waals surface area (Å²) in [7, 11) is 1.67. The Labute approximate surface area is 86.0 Å². The molecule has 1 aromatic rings. The molecule has 70 valence electrons.